The molecule has 0 saturated carbocycles. The van der Waals surface area contributed by atoms with E-state index < -0.39 is 33.6 Å². The fourth-order valence-corrected chi connectivity index (χ4v) is 3.34. The lowest BCUT2D eigenvalue weighted by Crippen LogP contribution is -2.41. The number of nitrogens with one attached hydrogen (secondary N) is 2. The smallest absolute Gasteiger partial charge is 0.242 e. The van der Waals surface area contributed by atoms with Gasteiger partial charge in [0.2, 0.25) is 15.9 Å². The van der Waals surface area contributed by atoms with Crippen LogP contribution in [0.25, 0.3) is 0 Å². The van der Waals surface area contributed by atoms with Crippen LogP contribution < -0.4 is 10.0 Å². The summed E-state index contributed by atoms with van der Waals surface area (Å²) in [5, 5.41) is 2.30. The number of halogens is 3. The summed E-state index contributed by atoms with van der Waals surface area (Å²) in [5.41, 5.74) is -0.0731. The molecule has 0 spiro atoms. The van der Waals surface area contributed by atoms with Crippen LogP contribution in [0.3, 0.4) is 0 Å². The zero-order chi connectivity index (χ0) is 17.9. The van der Waals surface area contributed by atoms with E-state index in [4.69, 9.17) is 0 Å². The van der Waals surface area contributed by atoms with Gasteiger partial charge in [-0.05, 0) is 49.4 Å². The summed E-state index contributed by atoms with van der Waals surface area (Å²) in [6.07, 6.45) is 0. The lowest BCUT2D eigenvalue weighted by atomic mass is 10.2. The number of anilines is 1. The third-order valence-corrected chi connectivity index (χ3v) is 5.09. The Balaban J connectivity index is 2.09. The maximum Gasteiger partial charge on any atom is 0.242 e. The zero-order valence-electron chi connectivity index (χ0n) is 12.4. The number of rotatable bonds is 5. The van der Waals surface area contributed by atoms with Gasteiger partial charge >= 0.3 is 0 Å². The summed E-state index contributed by atoms with van der Waals surface area (Å²) in [5.74, 6) is -1.97. The molecule has 9 heteroatoms. The molecular formula is C15H13BrF2N2O3S. The molecule has 1 atom stereocenters. The van der Waals surface area contributed by atoms with Crippen LogP contribution in [0.4, 0.5) is 14.5 Å². The molecule has 0 aliphatic rings. The normalized spacial score (nSPS) is 12.7. The lowest BCUT2D eigenvalue weighted by Gasteiger charge is -2.15. The van der Waals surface area contributed by atoms with Crippen LogP contribution in [0.2, 0.25) is 0 Å². The Morgan fingerprint density at radius 2 is 1.75 bits per heavy atom. The summed E-state index contributed by atoms with van der Waals surface area (Å²) < 4.78 is 53.5. The summed E-state index contributed by atoms with van der Waals surface area (Å²) in [6.45, 7) is 1.31. The van der Waals surface area contributed by atoms with Gasteiger partial charge < -0.3 is 5.32 Å². The highest BCUT2D eigenvalue weighted by molar-refractivity contribution is 9.10. The molecule has 0 heterocycles. The van der Waals surface area contributed by atoms with Crippen LogP contribution in [0.5, 0.6) is 0 Å². The van der Waals surface area contributed by atoms with E-state index >= 15 is 0 Å². The van der Waals surface area contributed by atoms with Crippen LogP contribution in [-0.2, 0) is 14.8 Å². The number of benzene rings is 2. The third-order valence-electron chi connectivity index (χ3n) is 3.04. The second kappa shape index (κ2) is 7.37. The minimum Gasteiger partial charge on any atom is -0.322 e. The van der Waals surface area contributed by atoms with Crippen molar-refractivity contribution in [3.63, 3.8) is 0 Å². The van der Waals surface area contributed by atoms with Gasteiger partial charge in [0.1, 0.15) is 11.6 Å². The first-order valence-corrected chi connectivity index (χ1v) is 9.00. The van der Waals surface area contributed by atoms with Gasteiger partial charge in [0, 0.05) is 4.47 Å². The Hall–Kier alpha value is -1.84. The Labute approximate surface area is 146 Å². The molecule has 0 aliphatic carbocycles. The molecule has 2 aromatic rings. The third kappa shape index (κ3) is 4.59. The van der Waals surface area contributed by atoms with Crippen molar-refractivity contribution >= 4 is 37.5 Å². The molecule has 2 N–H and O–H groups in total. The molecule has 0 fully saturated rings. The molecule has 0 saturated heterocycles. The fourth-order valence-electron chi connectivity index (χ4n) is 1.80. The van der Waals surface area contributed by atoms with E-state index in [1.54, 1.807) is 0 Å². The predicted molar refractivity (Wildman–Crippen MR) is 88.9 cm³/mol. The molecular weight excluding hydrogens is 406 g/mol. The minimum atomic E-state index is -4.01. The first kappa shape index (κ1) is 18.5. The zero-order valence-corrected chi connectivity index (χ0v) is 14.8. The van der Waals surface area contributed by atoms with Gasteiger partial charge in [-0.2, -0.15) is 4.72 Å². The number of sulfonamides is 1. The summed E-state index contributed by atoms with van der Waals surface area (Å²) in [4.78, 5) is 11.9. The van der Waals surface area contributed by atoms with Crippen molar-refractivity contribution in [1.29, 1.82) is 0 Å². The number of carbonyl (C=O) groups is 1. The van der Waals surface area contributed by atoms with Gasteiger partial charge in [-0.3, -0.25) is 4.79 Å². The van der Waals surface area contributed by atoms with Gasteiger partial charge in [0.15, 0.2) is 0 Å². The molecule has 2 aromatic carbocycles. The first-order chi connectivity index (χ1) is 11.2. The Morgan fingerprint density at radius 3 is 2.33 bits per heavy atom. The van der Waals surface area contributed by atoms with Gasteiger partial charge in [0.05, 0.1) is 16.6 Å². The van der Waals surface area contributed by atoms with Crippen LogP contribution >= 0.6 is 15.9 Å². The SMILES string of the molecule is C[C@H](NS(=O)(=O)c1ccc(F)cc1)C(=O)Nc1ccc(Br)cc1F. The van der Waals surface area contributed by atoms with E-state index in [1.807, 2.05) is 0 Å². The Morgan fingerprint density at radius 1 is 1.12 bits per heavy atom. The van der Waals surface area contributed by atoms with E-state index in [-0.39, 0.29) is 10.6 Å². The van der Waals surface area contributed by atoms with Crippen LogP contribution in [0.1, 0.15) is 6.92 Å². The number of amides is 1. The van der Waals surface area contributed by atoms with Crippen LogP contribution in [-0.4, -0.2) is 20.4 Å². The van der Waals surface area contributed by atoms with E-state index in [9.17, 15) is 22.0 Å². The molecule has 0 aromatic heterocycles. The largest absolute Gasteiger partial charge is 0.322 e. The van der Waals surface area contributed by atoms with Gasteiger partial charge in [0.25, 0.3) is 0 Å². The van der Waals surface area contributed by atoms with Gasteiger partial charge in [-0.1, -0.05) is 15.9 Å². The van der Waals surface area contributed by atoms with Gasteiger partial charge in [-0.15, -0.1) is 0 Å². The molecule has 0 aliphatic heterocycles. The van der Waals surface area contributed by atoms with Crippen molar-refractivity contribution in [2.75, 3.05) is 5.32 Å². The maximum absolute atomic E-state index is 13.7. The monoisotopic (exact) mass is 418 g/mol. The van der Waals surface area contributed by atoms with Gasteiger partial charge in [-0.25, -0.2) is 17.2 Å². The summed E-state index contributed by atoms with van der Waals surface area (Å²) in [6, 6.07) is 7.04. The van der Waals surface area contributed by atoms with E-state index in [2.05, 4.69) is 26.0 Å². The maximum atomic E-state index is 13.7. The summed E-state index contributed by atoms with van der Waals surface area (Å²) >= 11 is 3.09. The second-order valence-electron chi connectivity index (χ2n) is 4.91. The Bertz CT molecular complexity index is 858. The number of hydrogen-bond acceptors (Lipinski definition) is 3. The van der Waals surface area contributed by atoms with E-state index in [0.717, 1.165) is 24.3 Å². The fraction of sp³-hybridized carbons (Fsp3) is 0.133. The molecule has 0 radical (unpaired) electrons. The van der Waals surface area contributed by atoms with E-state index in [1.165, 1.54) is 25.1 Å². The highest BCUT2D eigenvalue weighted by Gasteiger charge is 2.22. The highest BCUT2D eigenvalue weighted by Crippen LogP contribution is 2.19. The Kier molecular flexibility index (Phi) is 5.68. The van der Waals surface area contributed by atoms with Crippen molar-refractivity contribution in [3.05, 3.63) is 58.6 Å². The standard InChI is InChI=1S/C15H13BrF2N2O3S/c1-9(15(21)19-14-7-2-10(16)8-13(14)18)20-24(22,23)12-5-3-11(17)4-6-12/h2-9,20H,1H3,(H,19,21)/t9-/m0/s1. The topological polar surface area (TPSA) is 75.3 Å². The molecule has 24 heavy (non-hydrogen) atoms. The molecule has 2 rings (SSSR count). The molecule has 0 unspecified atom stereocenters. The molecule has 5 nitrogen and oxygen atoms in total. The predicted octanol–water partition coefficient (Wildman–Crippen LogP) is 3.03. The molecule has 1 amide bonds. The molecule has 0 bridgehead atoms. The van der Waals surface area contributed by atoms with Crippen LogP contribution in [0.15, 0.2) is 51.8 Å². The van der Waals surface area contributed by atoms with Crippen molar-refractivity contribution in [3.8, 4) is 0 Å². The molecule has 128 valence electrons. The average molecular weight is 419 g/mol. The van der Waals surface area contributed by atoms with Crippen molar-refractivity contribution in [2.45, 2.75) is 17.9 Å². The van der Waals surface area contributed by atoms with Crippen molar-refractivity contribution in [1.82, 2.24) is 4.72 Å². The highest BCUT2D eigenvalue weighted by atomic mass is 79.9. The lowest BCUT2D eigenvalue weighted by molar-refractivity contribution is -0.117. The second-order valence-corrected chi connectivity index (χ2v) is 7.54. The first-order valence-electron chi connectivity index (χ1n) is 6.73. The van der Waals surface area contributed by atoms with Crippen LogP contribution in [0, 0.1) is 11.6 Å². The van der Waals surface area contributed by atoms with Crippen molar-refractivity contribution < 1.29 is 22.0 Å². The minimum absolute atomic E-state index is 0.0731. The quantitative estimate of drug-likeness (QED) is 0.783. The summed E-state index contributed by atoms with van der Waals surface area (Å²) in [7, 11) is -4.01. The number of hydrogen-bond donors (Lipinski definition) is 2. The average Bonchev–Trinajstić information content (AvgIpc) is 2.50. The number of carbonyl (C=O) groups excluding carboxylic acids is 1. The van der Waals surface area contributed by atoms with E-state index in [0.29, 0.717) is 4.47 Å². The van der Waals surface area contributed by atoms with Crippen molar-refractivity contribution in [2.24, 2.45) is 0 Å².